The van der Waals surface area contributed by atoms with Crippen LogP contribution in [0.4, 0.5) is 0 Å². The van der Waals surface area contributed by atoms with Gasteiger partial charge in [-0.15, -0.1) is 0 Å². The van der Waals surface area contributed by atoms with Crippen LogP contribution < -0.4 is 5.32 Å². The van der Waals surface area contributed by atoms with Crippen LogP contribution in [0.3, 0.4) is 0 Å². The molecule has 6 heteroatoms. The lowest BCUT2D eigenvalue weighted by atomic mass is 10.2. The second kappa shape index (κ2) is 9.17. The van der Waals surface area contributed by atoms with Gasteiger partial charge in [0.15, 0.2) is 0 Å². The number of hydrogen-bond donors (Lipinski definition) is 1. The molecule has 3 aromatic rings. The van der Waals surface area contributed by atoms with Gasteiger partial charge in [-0.1, -0.05) is 43.7 Å². The van der Waals surface area contributed by atoms with Gasteiger partial charge in [0.25, 0.3) is 5.91 Å². The normalized spacial score (nSPS) is 10.8. The molecule has 0 aliphatic heterocycles. The van der Waals surface area contributed by atoms with Crippen molar-refractivity contribution in [3.63, 3.8) is 0 Å². The predicted octanol–water partition coefficient (Wildman–Crippen LogP) is 3.22. The summed E-state index contributed by atoms with van der Waals surface area (Å²) in [5.74, 6) is 0.542. The first-order valence-electron chi connectivity index (χ1n) is 9.61. The van der Waals surface area contributed by atoms with E-state index >= 15 is 0 Å². The number of aromatic nitrogens is 2. The summed E-state index contributed by atoms with van der Waals surface area (Å²) in [6.07, 6.45) is 2.02. The van der Waals surface area contributed by atoms with Crippen molar-refractivity contribution in [1.82, 2.24) is 19.8 Å². The average Bonchev–Trinajstić information content (AvgIpc) is 3.08. The molecule has 0 aliphatic rings. The average molecular weight is 378 g/mol. The van der Waals surface area contributed by atoms with Gasteiger partial charge in [-0.25, -0.2) is 4.98 Å². The molecule has 0 fully saturated rings. The highest BCUT2D eigenvalue weighted by Gasteiger charge is 2.16. The summed E-state index contributed by atoms with van der Waals surface area (Å²) in [4.78, 5) is 31.4. The molecule has 0 radical (unpaired) electrons. The van der Waals surface area contributed by atoms with Crippen molar-refractivity contribution in [2.45, 2.75) is 32.9 Å². The summed E-state index contributed by atoms with van der Waals surface area (Å²) in [6.45, 7) is 3.31. The molecule has 0 unspecified atom stereocenters. The van der Waals surface area contributed by atoms with Crippen molar-refractivity contribution in [1.29, 1.82) is 0 Å². The lowest BCUT2D eigenvalue weighted by molar-refractivity contribution is -0.130. The van der Waals surface area contributed by atoms with Crippen LogP contribution in [0.1, 0.15) is 35.9 Å². The third kappa shape index (κ3) is 4.57. The molecule has 3 rings (SSSR count). The maximum absolute atomic E-state index is 12.7. The lowest BCUT2D eigenvalue weighted by Crippen LogP contribution is -2.32. The number of hydrogen-bond acceptors (Lipinski definition) is 3. The number of nitrogens with zero attached hydrogens (tertiary/aromatic N) is 3. The minimum absolute atomic E-state index is 0.0345. The van der Waals surface area contributed by atoms with Crippen LogP contribution in [0.25, 0.3) is 11.0 Å². The molecule has 0 saturated heterocycles. The Bertz CT molecular complexity index is 950. The Morgan fingerprint density at radius 1 is 1.07 bits per heavy atom. The summed E-state index contributed by atoms with van der Waals surface area (Å²) < 4.78 is 1.89. The fourth-order valence-corrected chi connectivity index (χ4v) is 3.06. The van der Waals surface area contributed by atoms with E-state index in [4.69, 9.17) is 0 Å². The zero-order valence-corrected chi connectivity index (χ0v) is 16.4. The molecule has 1 heterocycles. The number of unbranched alkanes of at least 4 members (excludes halogenated alkanes) is 1. The van der Waals surface area contributed by atoms with Gasteiger partial charge in [0, 0.05) is 19.2 Å². The number of carbonyl (C=O) groups is 2. The van der Waals surface area contributed by atoms with Gasteiger partial charge in [0.2, 0.25) is 5.91 Å². The van der Waals surface area contributed by atoms with Crippen molar-refractivity contribution in [3.8, 4) is 0 Å². The van der Waals surface area contributed by atoms with Crippen LogP contribution in [0, 0.1) is 0 Å². The Labute approximate surface area is 165 Å². The number of rotatable bonds is 8. The summed E-state index contributed by atoms with van der Waals surface area (Å²) in [7, 11) is 1.83. The molecule has 0 saturated carbocycles. The van der Waals surface area contributed by atoms with Gasteiger partial charge in [-0.05, 0) is 30.7 Å². The van der Waals surface area contributed by atoms with Crippen LogP contribution >= 0.6 is 0 Å². The molecule has 1 aromatic heterocycles. The van der Waals surface area contributed by atoms with Crippen LogP contribution in [0.5, 0.6) is 0 Å². The summed E-state index contributed by atoms with van der Waals surface area (Å²) in [5.41, 5.74) is 2.31. The number of benzene rings is 2. The third-order valence-electron chi connectivity index (χ3n) is 4.74. The SMILES string of the molecule is CCCCN(C)C(=O)Cn1c(CNC(=O)c2ccccc2)nc2ccccc21. The number of fused-ring (bicyclic) bond motifs is 1. The summed E-state index contributed by atoms with van der Waals surface area (Å²) in [6, 6.07) is 16.8. The predicted molar refractivity (Wildman–Crippen MR) is 110 cm³/mol. The van der Waals surface area contributed by atoms with E-state index in [2.05, 4.69) is 17.2 Å². The van der Waals surface area contributed by atoms with Gasteiger partial charge >= 0.3 is 0 Å². The maximum atomic E-state index is 12.7. The first kappa shape index (κ1) is 19.6. The molecule has 28 heavy (non-hydrogen) atoms. The quantitative estimate of drug-likeness (QED) is 0.654. The Hall–Kier alpha value is -3.15. The van der Waals surface area contributed by atoms with Gasteiger partial charge in [0.1, 0.15) is 12.4 Å². The molecule has 0 spiro atoms. The molecule has 2 aromatic carbocycles. The number of nitrogens with one attached hydrogen (secondary N) is 1. The first-order valence-corrected chi connectivity index (χ1v) is 9.61. The minimum Gasteiger partial charge on any atom is -0.345 e. The molecule has 0 atom stereocenters. The molecule has 0 aliphatic carbocycles. The summed E-state index contributed by atoms with van der Waals surface area (Å²) >= 11 is 0. The highest BCUT2D eigenvalue weighted by atomic mass is 16.2. The number of amides is 2. The van der Waals surface area contributed by atoms with E-state index in [0.29, 0.717) is 11.4 Å². The number of likely N-dealkylation sites (N-methyl/N-ethyl adjacent to an activating group) is 1. The Morgan fingerprint density at radius 3 is 2.54 bits per heavy atom. The Kier molecular flexibility index (Phi) is 6.42. The number of carbonyl (C=O) groups excluding carboxylic acids is 2. The highest BCUT2D eigenvalue weighted by Crippen LogP contribution is 2.16. The van der Waals surface area contributed by atoms with Crippen LogP contribution in [0.15, 0.2) is 54.6 Å². The minimum atomic E-state index is -0.161. The maximum Gasteiger partial charge on any atom is 0.251 e. The molecular weight excluding hydrogens is 352 g/mol. The van der Waals surface area contributed by atoms with Crippen molar-refractivity contribution >= 4 is 22.8 Å². The molecular formula is C22H26N4O2. The van der Waals surface area contributed by atoms with Crippen molar-refractivity contribution in [2.24, 2.45) is 0 Å². The van der Waals surface area contributed by atoms with E-state index in [1.165, 1.54) is 0 Å². The van der Waals surface area contributed by atoms with E-state index in [1.807, 2.05) is 54.1 Å². The molecule has 2 amide bonds. The first-order chi connectivity index (χ1) is 13.6. The topological polar surface area (TPSA) is 67.2 Å². The standard InChI is InChI=1S/C22H26N4O2/c1-3-4-14-25(2)21(27)16-26-19-13-9-8-12-18(19)24-20(26)15-23-22(28)17-10-6-5-7-11-17/h5-13H,3-4,14-16H2,1-2H3,(H,23,28). The van der Waals surface area contributed by atoms with E-state index in [9.17, 15) is 9.59 Å². The lowest BCUT2D eigenvalue weighted by Gasteiger charge is -2.18. The molecule has 6 nitrogen and oxygen atoms in total. The van der Waals surface area contributed by atoms with E-state index in [-0.39, 0.29) is 24.9 Å². The van der Waals surface area contributed by atoms with Crippen molar-refractivity contribution < 1.29 is 9.59 Å². The second-order valence-electron chi connectivity index (χ2n) is 6.82. The van der Waals surface area contributed by atoms with E-state index in [0.717, 1.165) is 30.4 Å². The van der Waals surface area contributed by atoms with Gasteiger partial charge in [0.05, 0.1) is 17.6 Å². The van der Waals surface area contributed by atoms with E-state index in [1.54, 1.807) is 17.0 Å². The monoisotopic (exact) mass is 378 g/mol. The fourth-order valence-electron chi connectivity index (χ4n) is 3.06. The second-order valence-corrected chi connectivity index (χ2v) is 6.82. The van der Waals surface area contributed by atoms with Crippen molar-refractivity contribution in [2.75, 3.05) is 13.6 Å². The molecule has 1 N–H and O–H groups in total. The highest BCUT2D eigenvalue weighted by molar-refractivity contribution is 5.94. The number of imidazole rings is 1. The largest absolute Gasteiger partial charge is 0.345 e. The zero-order chi connectivity index (χ0) is 19.9. The Morgan fingerprint density at radius 2 is 1.79 bits per heavy atom. The van der Waals surface area contributed by atoms with Crippen LogP contribution in [-0.4, -0.2) is 39.9 Å². The molecule has 0 bridgehead atoms. The smallest absolute Gasteiger partial charge is 0.251 e. The van der Waals surface area contributed by atoms with Crippen molar-refractivity contribution in [3.05, 3.63) is 66.0 Å². The third-order valence-corrected chi connectivity index (χ3v) is 4.74. The Balaban J connectivity index is 1.79. The van der Waals surface area contributed by atoms with Gasteiger partial charge < -0.3 is 14.8 Å². The zero-order valence-electron chi connectivity index (χ0n) is 16.4. The van der Waals surface area contributed by atoms with Crippen LogP contribution in [0.2, 0.25) is 0 Å². The van der Waals surface area contributed by atoms with Gasteiger partial charge in [-0.2, -0.15) is 0 Å². The van der Waals surface area contributed by atoms with E-state index < -0.39 is 0 Å². The molecule has 146 valence electrons. The fraction of sp³-hybridized carbons (Fsp3) is 0.318. The van der Waals surface area contributed by atoms with Crippen LogP contribution in [-0.2, 0) is 17.9 Å². The van der Waals surface area contributed by atoms with Gasteiger partial charge in [-0.3, -0.25) is 9.59 Å². The summed E-state index contributed by atoms with van der Waals surface area (Å²) in [5, 5.41) is 2.91. The number of para-hydroxylation sites is 2.